The number of hydrogen-bond acceptors (Lipinski definition) is 3. The number of halogens is 4. The molecule has 1 saturated heterocycles. The molecule has 0 N–H and O–H groups in total. The van der Waals surface area contributed by atoms with Crippen molar-refractivity contribution in [3.8, 4) is 0 Å². The number of piperazine rings is 1. The van der Waals surface area contributed by atoms with E-state index in [-0.39, 0.29) is 17.8 Å². The number of carbonyl (C=O) groups excluding carboxylic acids is 1. The first-order valence-corrected chi connectivity index (χ1v) is 7.73. The van der Waals surface area contributed by atoms with Crippen LogP contribution in [-0.4, -0.2) is 51.7 Å². The van der Waals surface area contributed by atoms with E-state index in [1.54, 1.807) is 0 Å². The first-order valence-electron chi connectivity index (χ1n) is 7.73. The van der Waals surface area contributed by atoms with E-state index in [0.29, 0.717) is 30.9 Å². The summed E-state index contributed by atoms with van der Waals surface area (Å²) < 4.78 is 53.0. The van der Waals surface area contributed by atoms with Crippen LogP contribution in [0.1, 0.15) is 22.6 Å². The molecule has 0 radical (unpaired) electrons. The van der Waals surface area contributed by atoms with E-state index in [0.717, 1.165) is 12.3 Å². The summed E-state index contributed by atoms with van der Waals surface area (Å²) in [5.74, 6) is -2.29. The maximum Gasteiger partial charge on any atom is 0.333 e. The van der Waals surface area contributed by atoms with Gasteiger partial charge in [0, 0.05) is 44.5 Å². The summed E-state index contributed by atoms with van der Waals surface area (Å²) >= 11 is 0. The Morgan fingerprint density at radius 3 is 2.52 bits per heavy atom. The molecule has 1 amide bonds. The highest BCUT2D eigenvalue weighted by atomic mass is 19.3. The zero-order chi connectivity index (χ0) is 18.0. The van der Waals surface area contributed by atoms with Gasteiger partial charge in [-0.25, -0.2) is 8.78 Å². The molecule has 3 rings (SSSR count). The van der Waals surface area contributed by atoms with Gasteiger partial charge in [0.2, 0.25) is 0 Å². The van der Waals surface area contributed by atoms with Crippen molar-refractivity contribution in [2.45, 2.75) is 13.1 Å². The fourth-order valence-electron chi connectivity index (χ4n) is 2.82. The van der Waals surface area contributed by atoms with Crippen molar-refractivity contribution in [2.24, 2.45) is 0 Å². The van der Waals surface area contributed by atoms with E-state index in [2.05, 4.69) is 5.10 Å². The highest BCUT2D eigenvalue weighted by Gasteiger charge is 2.26. The summed E-state index contributed by atoms with van der Waals surface area (Å²) in [5.41, 5.74) is 0.0789. The molecule has 1 aliphatic rings. The van der Waals surface area contributed by atoms with Crippen LogP contribution in [0.3, 0.4) is 0 Å². The first kappa shape index (κ1) is 17.4. The Bertz CT molecular complexity index is 756. The zero-order valence-corrected chi connectivity index (χ0v) is 13.2. The van der Waals surface area contributed by atoms with Gasteiger partial charge in [0.25, 0.3) is 5.91 Å². The lowest BCUT2D eigenvalue weighted by Gasteiger charge is -2.34. The summed E-state index contributed by atoms with van der Waals surface area (Å²) in [6.07, 6.45) is 1.16. The average Bonchev–Trinajstić information content (AvgIpc) is 3.09. The standard InChI is InChI=1S/C16H16F4N4O/c17-12-3-1-2-11(14(12)18)10-22-6-8-23(9-7-22)15(25)13-4-5-21-24(13)16(19)20/h1-5,16H,6-10H2. The lowest BCUT2D eigenvalue weighted by molar-refractivity contribution is 0.0423. The van der Waals surface area contributed by atoms with Crippen molar-refractivity contribution < 1.29 is 22.4 Å². The number of nitrogens with zero attached hydrogens (tertiary/aromatic N) is 4. The molecular formula is C16H16F4N4O. The van der Waals surface area contributed by atoms with Crippen molar-refractivity contribution in [2.75, 3.05) is 26.2 Å². The minimum Gasteiger partial charge on any atom is -0.335 e. The third-order valence-corrected chi connectivity index (χ3v) is 4.16. The molecule has 1 aromatic carbocycles. The number of aromatic nitrogens is 2. The van der Waals surface area contributed by atoms with E-state index >= 15 is 0 Å². The summed E-state index contributed by atoms with van der Waals surface area (Å²) in [6.45, 7) is -1.17. The van der Waals surface area contributed by atoms with Crippen molar-refractivity contribution in [3.05, 3.63) is 53.4 Å². The molecule has 0 bridgehead atoms. The van der Waals surface area contributed by atoms with Crippen LogP contribution in [0.25, 0.3) is 0 Å². The fourth-order valence-corrected chi connectivity index (χ4v) is 2.82. The predicted octanol–water partition coefficient (Wildman–Crippen LogP) is 2.51. The Morgan fingerprint density at radius 2 is 1.84 bits per heavy atom. The lowest BCUT2D eigenvalue weighted by atomic mass is 10.1. The number of benzene rings is 1. The van der Waals surface area contributed by atoms with Crippen molar-refractivity contribution >= 4 is 5.91 Å². The number of carbonyl (C=O) groups is 1. The summed E-state index contributed by atoms with van der Waals surface area (Å²) in [6, 6.07) is 5.26. The monoisotopic (exact) mass is 356 g/mol. The highest BCUT2D eigenvalue weighted by Crippen LogP contribution is 2.17. The molecule has 1 aliphatic heterocycles. The minimum atomic E-state index is -2.88. The molecule has 0 unspecified atom stereocenters. The van der Waals surface area contributed by atoms with Crippen LogP contribution < -0.4 is 0 Å². The molecule has 2 heterocycles. The van der Waals surface area contributed by atoms with Gasteiger partial charge in [-0.05, 0) is 12.1 Å². The van der Waals surface area contributed by atoms with Crippen LogP contribution in [0.5, 0.6) is 0 Å². The van der Waals surface area contributed by atoms with Gasteiger partial charge in [-0.15, -0.1) is 0 Å². The van der Waals surface area contributed by atoms with E-state index < -0.39 is 24.1 Å². The topological polar surface area (TPSA) is 41.4 Å². The van der Waals surface area contributed by atoms with Crippen LogP contribution in [-0.2, 0) is 6.54 Å². The molecule has 0 atom stereocenters. The highest BCUT2D eigenvalue weighted by molar-refractivity contribution is 5.92. The van der Waals surface area contributed by atoms with E-state index in [4.69, 9.17) is 0 Å². The Balaban J connectivity index is 1.61. The number of hydrogen-bond donors (Lipinski definition) is 0. The Morgan fingerprint density at radius 1 is 1.12 bits per heavy atom. The largest absolute Gasteiger partial charge is 0.335 e. The summed E-state index contributed by atoms with van der Waals surface area (Å²) in [4.78, 5) is 15.7. The molecule has 134 valence electrons. The fraction of sp³-hybridized carbons (Fsp3) is 0.375. The maximum absolute atomic E-state index is 13.7. The molecule has 9 heteroatoms. The second kappa shape index (κ2) is 7.22. The van der Waals surface area contributed by atoms with Gasteiger partial charge in [0.05, 0.1) is 0 Å². The average molecular weight is 356 g/mol. The van der Waals surface area contributed by atoms with E-state index in [1.807, 2.05) is 4.90 Å². The first-order chi connectivity index (χ1) is 12.0. The van der Waals surface area contributed by atoms with Crippen LogP contribution in [0, 0.1) is 11.6 Å². The van der Waals surface area contributed by atoms with Crippen molar-refractivity contribution in [1.82, 2.24) is 19.6 Å². The Labute approximate surface area is 141 Å². The summed E-state index contributed by atoms with van der Waals surface area (Å²) in [7, 11) is 0. The molecule has 1 aromatic heterocycles. The molecular weight excluding hydrogens is 340 g/mol. The van der Waals surface area contributed by atoms with Crippen LogP contribution in [0.4, 0.5) is 17.6 Å². The number of rotatable bonds is 4. The molecule has 1 fully saturated rings. The second-order valence-corrected chi connectivity index (χ2v) is 5.72. The van der Waals surface area contributed by atoms with Gasteiger partial charge in [0.15, 0.2) is 11.6 Å². The third-order valence-electron chi connectivity index (χ3n) is 4.16. The van der Waals surface area contributed by atoms with Gasteiger partial charge in [-0.2, -0.15) is 18.6 Å². The SMILES string of the molecule is O=C(c1ccnn1C(F)F)N1CCN(Cc2cccc(F)c2F)CC1. The van der Waals surface area contributed by atoms with Gasteiger partial charge in [0.1, 0.15) is 5.69 Å². The van der Waals surface area contributed by atoms with Crippen molar-refractivity contribution in [1.29, 1.82) is 0 Å². The van der Waals surface area contributed by atoms with E-state index in [9.17, 15) is 22.4 Å². The smallest absolute Gasteiger partial charge is 0.333 e. The molecule has 0 aliphatic carbocycles. The zero-order valence-electron chi connectivity index (χ0n) is 13.2. The van der Waals surface area contributed by atoms with Gasteiger partial charge in [-0.1, -0.05) is 12.1 Å². The number of amides is 1. The second-order valence-electron chi connectivity index (χ2n) is 5.72. The normalized spacial score (nSPS) is 15.8. The lowest BCUT2D eigenvalue weighted by Crippen LogP contribution is -2.48. The van der Waals surface area contributed by atoms with Crippen LogP contribution in [0.2, 0.25) is 0 Å². The maximum atomic E-state index is 13.7. The predicted molar refractivity (Wildman–Crippen MR) is 81.0 cm³/mol. The number of alkyl halides is 2. The summed E-state index contributed by atoms with van der Waals surface area (Å²) in [5, 5.41) is 3.45. The quantitative estimate of drug-likeness (QED) is 0.791. The molecule has 25 heavy (non-hydrogen) atoms. The van der Waals surface area contributed by atoms with Crippen molar-refractivity contribution in [3.63, 3.8) is 0 Å². The molecule has 5 nitrogen and oxygen atoms in total. The molecule has 0 saturated carbocycles. The minimum absolute atomic E-state index is 0.167. The third kappa shape index (κ3) is 3.65. The van der Waals surface area contributed by atoms with Gasteiger partial charge >= 0.3 is 6.55 Å². The Hall–Kier alpha value is -2.42. The molecule has 2 aromatic rings. The van der Waals surface area contributed by atoms with Crippen LogP contribution >= 0.6 is 0 Å². The van der Waals surface area contributed by atoms with Gasteiger partial charge in [-0.3, -0.25) is 9.69 Å². The van der Waals surface area contributed by atoms with Gasteiger partial charge < -0.3 is 4.90 Å². The van der Waals surface area contributed by atoms with E-state index in [1.165, 1.54) is 23.1 Å². The molecule has 0 spiro atoms. The van der Waals surface area contributed by atoms with Crippen LogP contribution in [0.15, 0.2) is 30.5 Å². The Kier molecular flexibility index (Phi) is 5.03.